The van der Waals surface area contributed by atoms with E-state index in [4.69, 9.17) is 0 Å². The van der Waals surface area contributed by atoms with Gasteiger partial charge in [0, 0.05) is 45.5 Å². The van der Waals surface area contributed by atoms with E-state index >= 15 is 0 Å². The highest BCUT2D eigenvalue weighted by Crippen LogP contribution is 2.45. The highest BCUT2D eigenvalue weighted by Gasteiger charge is 2.40. The van der Waals surface area contributed by atoms with E-state index in [1.807, 2.05) is 19.3 Å². The van der Waals surface area contributed by atoms with E-state index in [1.54, 1.807) is 16.7 Å². The Morgan fingerprint density at radius 3 is 2.76 bits per heavy atom. The zero-order chi connectivity index (χ0) is 16.8. The Labute approximate surface area is 167 Å². The maximum Gasteiger partial charge on any atom is 0.250 e. The first-order chi connectivity index (χ1) is 11.7. The normalized spacial score (nSPS) is 19.2. The Morgan fingerprint density at radius 1 is 1.24 bits per heavy atom. The first-order valence-corrected chi connectivity index (χ1v) is 9.34. The maximum absolute atomic E-state index is 11.7. The summed E-state index contributed by atoms with van der Waals surface area (Å²) in [5.41, 5.74) is 0.659. The number of nitrogens with one attached hydrogen (secondary N) is 1. The average molecular weight is 458 g/mol. The van der Waals surface area contributed by atoms with Gasteiger partial charge in [-0.05, 0) is 43.6 Å². The summed E-state index contributed by atoms with van der Waals surface area (Å²) < 4.78 is 1.78. The molecule has 25 heavy (non-hydrogen) atoms. The van der Waals surface area contributed by atoms with Crippen LogP contribution in [0.3, 0.4) is 0 Å². The molecule has 0 amide bonds. The molecule has 5 nitrogen and oxygen atoms in total. The average Bonchev–Trinajstić information content (AvgIpc) is 3.23. The van der Waals surface area contributed by atoms with Crippen molar-refractivity contribution >= 4 is 29.9 Å². The largest absolute Gasteiger partial charge is 0.356 e. The van der Waals surface area contributed by atoms with Crippen LogP contribution in [-0.4, -0.2) is 42.1 Å². The van der Waals surface area contributed by atoms with Gasteiger partial charge in [-0.3, -0.25) is 9.79 Å². The smallest absolute Gasteiger partial charge is 0.250 e. The number of nitrogens with zero attached hydrogens (tertiary/aromatic N) is 3. The van der Waals surface area contributed by atoms with Crippen molar-refractivity contribution in [3.8, 4) is 0 Å². The lowest BCUT2D eigenvalue weighted by atomic mass is 9.86. The number of pyridine rings is 1. The second-order valence-corrected chi connectivity index (χ2v) is 7.29. The Balaban J connectivity index is 0.00000225. The van der Waals surface area contributed by atoms with E-state index < -0.39 is 0 Å². The van der Waals surface area contributed by atoms with Gasteiger partial charge in [0.25, 0.3) is 0 Å². The number of aliphatic imine (C=N–C) groups is 1. The van der Waals surface area contributed by atoms with Crippen molar-refractivity contribution in [1.82, 2.24) is 14.8 Å². The van der Waals surface area contributed by atoms with Crippen LogP contribution < -0.4 is 10.9 Å². The topological polar surface area (TPSA) is 49.6 Å². The minimum absolute atomic E-state index is 0. The minimum Gasteiger partial charge on any atom is -0.356 e. The van der Waals surface area contributed by atoms with Gasteiger partial charge in [-0.2, -0.15) is 0 Å². The summed E-state index contributed by atoms with van der Waals surface area (Å²) in [5, 5.41) is 3.51. The van der Waals surface area contributed by atoms with Crippen LogP contribution in [0.15, 0.2) is 34.2 Å². The zero-order valence-corrected chi connectivity index (χ0v) is 17.6. The number of halogens is 1. The summed E-state index contributed by atoms with van der Waals surface area (Å²) in [7, 11) is 1.88. The number of likely N-dealkylation sites (tertiary alicyclic amines) is 1. The number of hydrogen-bond donors (Lipinski definition) is 1. The van der Waals surface area contributed by atoms with Crippen molar-refractivity contribution in [3.63, 3.8) is 0 Å². The van der Waals surface area contributed by atoms with Crippen molar-refractivity contribution in [1.29, 1.82) is 0 Å². The van der Waals surface area contributed by atoms with Gasteiger partial charge in [-0.15, -0.1) is 24.0 Å². The van der Waals surface area contributed by atoms with Gasteiger partial charge >= 0.3 is 0 Å². The number of guanidine groups is 1. The quantitative estimate of drug-likeness (QED) is 0.320. The van der Waals surface area contributed by atoms with Crippen LogP contribution in [0.4, 0.5) is 0 Å². The van der Waals surface area contributed by atoms with Gasteiger partial charge in [0.05, 0.1) is 0 Å². The van der Waals surface area contributed by atoms with E-state index in [9.17, 15) is 4.79 Å². The Morgan fingerprint density at radius 2 is 2.04 bits per heavy atom. The molecule has 6 heteroatoms. The van der Waals surface area contributed by atoms with Crippen molar-refractivity contribution in [2.24, 2.45) is 10.4 Å². The number of rotatable bonds is 5. The van der Waals surface area contributed by atoms with Crippen molar-refractivity contribution < 1.29 is 0 Å². The molecule has 1 aliphatic carbocycles. The highest BCUT2D eigenvalue weighted by atomic mass is 127. The molecule has 2 aliphatic rings. The SMILES string of the molecule is CN=C(NCCCCn1ccccc1=O)N1CCC2(CCCC2)C1.I. The third kappa shape index (κ3) is 5.21. The second-order valence-electron chi connectivity index (χ2n) is 7.29. The minimum atomic E-state index is 0. The molecular formula is C19H31IN4O. The molecule has 0 bridgehead atoms. The van der Waals surface area contributed by atoms with Crippen LogP contribution in [0.25, 0.3) is 0 Å². The molecule has 1 saturated carbocycles. The summed E-state index contributed by atoms with van der Waals surface area (Å²) in [6.07, 6.45) is 10.8. The summed E-state index contributed by atoms with van der Waals surface area (Å²) in [5.74, 6) is 1.05. The molecule has 1 aromatic heterocycles. The van der Waals surface area contributed by atoms with Crippen LogP contribution in [0.2, 0.25) is 0 Å². The van der Waals surface area contributed by atoms with E-state index in [1.165, 1.54) is 38.6 Å². The predicted molar refractivity (Wildman–Crippen MR) is 114 cm³/mol. The molecule has 1 aliphatic heterocycles. The number of aromatic nitrogens is 1. The molecular weight excluding hydrogens is 427 g/mol. The third-order valence-electron chi connectivity index (χ3n) is 5.62. The number of aryl methyl sites for hydroxylation is 1. The molecule has 1 spiro atoms. The molecule has 3 rings (SSSR count). The lowest BCUT2D eigenvalue weighted by molar-refractivity contribution is 0.309. The third-order valence-corrected chi connectivity index (χ3v) is 5.62. The summed E-state index contributed by atoms with van der Waals surface area (Å²) >= 11 is 0. The summed E-state index contributed by atoms with van der Waals surface area (Å²) in [6.45, 7) is 4.01. The lowest BCUT2D eigenvalue weighted by Crippen LogP contribution is -2.41. The molecule has 0 radical (unpaired) electrons. The molecule has 1 N–H and O–H groups in total. The van der Waals surface area contributed by atoms with Crippen LogP contribution in [0.1, 0.15) is 44.9 Å². The zero-order valence-electron chi connectivity index (χ0n) is 15.2. The van der Waals surface area contributed by atoms with Crippen LogP contribution >= 0.6 is 24.0 Å². The fourth-order valence-electron chi connectivity index (χ4n) is 4.23. The van der Waals surface area contributed by atoms with Gasteiger partial charge in [-0.25, -0.2) is 0 Å². The van der Waals surface area contributed by atoms with E-state index in [0.717, 1.165) is 38.4 Å². The van der Waals surface area contributed by atoms with Gasteiger partial charge in [0.1, 0.15) is 0 Å². The number of hydrogen-bond acceptors (Lipinski definition) is 2. The monoisotopic (exact) mass is 458 g/mol. The van der Waals surface area contributed by atoms with Gasteiger partial charge < -0.3 is 14.8 Å². The van der Waals surface area contributed by atoms with Crippen LogP contribution in [0.5, 0.6) is 0 Å². The van der Waals surface area contributed by atoms with E-state index in [-0.39, 0.29) is 29.5 Å². The van der Waals surface area contributed by atoms with Crippen molar-refractivity contribution in [2.75, 3.05) is 26.7 Å². The Bertz CT molecular complexity index is 622. The summed E-state index contributed by atoms with van der Waals surface area (Å²) in [4.78, 5) is 18.6. The Kier molecular flexibility index (Phi) is 7.78. The predicted octanol–water partition coefficient (Wildman–Crippen LogP) is 3.09. The fraction of sp³-hybridized carbons (Fsp3) is 0.684. The first kappa shape index (κ1) is 20.3. The van der Waals surface area contributed by atoms with Gasteiger partial charge in [-0.1, -0.05) is 18.9 Å². The molecule has 0 atom stereocenters. The van der Waals surface area contributed by atoms with E-state index in [0.29, 0.717) is 5.41 Å². The molecule has 0 aromatic carbocycles. The van der Waals surface area contributed by atoms with Gasteiger partial charge in [0.2, 0.25) is 5.56 Å². The molecule has 2 heterocycles. The molecule has 1 aromatic rings. The van der Waals surface area contributed by atoms with Crippen molar-refractivity contribution in [2.45, 2.75) is 51.5 Å². The Hall–Kier alpha value is -1.05. The number of unbranched alkanes of at least 4 members (excludes halogenated alkanes) is 1. The molecule has 1 saturated heterocycles. The lowest BCUT2D eigenvalue weighted by Gasteiger charge is -2.25. The summed E-state index contributed by atoms with van der Waals surface area (Å²) in [6, 6.07) is 5.32. The highest BCUT2D eigenvalue weighted by molar-refractivity contribution is 14.0. The molecule has 140 valence electrons. The first-order valence-electron chi connectivity index (χ1n) is 9.34. The second kappa shape index (κ2) is 9.59. The van der Waals surface area contributed by atoms with Crippen LogP contribution in [-0.2, 0) is 6.54 Å². The van der Waals surface area contributed by atoms with Crippen LogP contribution in [0, 0.1) is 5.41 Å². The van der Waals surface area contributed by atoms with E-state index in [2.05, 4.69) is 15.2 Å². The fourth-order valence-corrected chi connectivity index (χ4v) is 4.23. The molecule has 2 fully saturated rings. The maximum atomic E-state index is 11.7. The molecule has 0 unspecified atom stereocenters. The van der Waals surface area contributed by atoms with Gasteiger partial charge in [0.15, 0.2) is 5.96 Å². The van der Waals surface area contributed by atoms with Crippen molar-refractivity contribution in [3.05, 3.63) is 34.7 Å². The standard InChI is InChI=1S/C19H30N4O.HI/c1-20-18(23-15-11-19(16-23)9-3-4-10-19)21-12-5-7-14-22-13-6-2-8-17(22)24;/h2,6,8,13H,3-5,7,9-12,14-16H2,1H3,(H,20,21);1H.